The predicted octanol–water partition coefficient (Wildman–Crippen LogP) is 4.58. The molecule has 0 saturated heterocycles. The predicted molar refractivity (Wildman–Crippen MR) is 113 cm³/mol. The Balaban J connectivity index is 1.42. The van der Waals surface area contributed by atoms with Crippen LogP contribution in [0.1, 0.15) is 20.9 Å². The second kappa shape index (κ2) is 7.86. The number of benzene rings is 2. The Bertz CT molecular complexity index is 1110. The van der Waals surface area contributed by atoms with Crippen LogP contribution in [0.25, 0.3) is 21.5 Å². The van der Waals surface area contributed by atoms with Gasteiger partial charge in [0.2, 0.25) is 0 Å². The molecule has 0 aliphatic carbocycles. The SMILES string of the molecule is COc1ccc(-c2nc(C)c(C(=O)NCCc3c[nH]c4ccccc34)s2)cc1. The number of carbonyl (C=O) groups excluding carboxylic acids is 1. The zero-order valence-corrected chi connectivity index (χ0v) is 16.6. The molecule has 0 aliphatic rings. The number of methoxy groups -OCH3 is 1. The van der Waals surface area contributed by atoms with Crippen LogP contribution in [0.3, 0.4) is 0 Å². The van der Waals surface area contributed by atoms with Gasteiger partial charge in [0.25, 0.3) is 5.91 Å². The highest BCUT2D eigenvalue weighted by Gasteiger charge is 2.16. The van der Waals surface area contributed by atoms with Crippen LogP contribution in [0, 0.1) is 6.92 Å². The molecule has 0 aliphatic heterocycles. The number of nitrogens with zero attached hydrogens (tertiary/aromatic N) is 1. The average Bonchev–Trinajstić information content (AvgIpc) is 3.32. The fraction of sp³-hybridized carbons (Fsp3) is 0.182. The van der Waals surface area contributed by atoms with Crippen molar-refractivity contribution in [2.45, 2.75) is 13.3 Å². The molecule has 4 rings (SSSR count). The van der Waals surface area contributed by atoms with E-state index in [-0.39, 0.29) is 5.91 Å². The Morgan fingerprint density at radius 1 is 1.18 bits per heavy atom. The number of thiazole rings is 1. The number of amides is 1. The third kappa shape index (κ3) is 3.64. The van der Waals surface area contributed by atoms with Crippen LogP contribution in [0.15, 0.2) is 54.7 Å². The number of hydrogen-bond acceptors (Lipinski definition) is 4. The van der Waals surface area contributed by atoms with Gasteiger partial charge < -0.3 is 15.0 Å². The number of H-pyrrole nitrogens is 1. The molecule has 1 amide bonds. The van der Waals surface area contributed by atoms with Crippen LogP contribution in [0.4, 0.5) is 0 Å². The van der Waals surface area contributed by atoms with Gasteiger partial charge in [-0.3, -0.25) is 4.79 Å². The molecular weight excluding hydrogens is 370 g/mol. The summed E-state index contributed by atoms with van der Waals surface area (Å²) in [4.78, 5) is 21.1. The second-order valence-corrected chi connectivity index (χ2v) is 7.53. The van der Waals surface area contributed by atoms with Crippen molar-refractivity contribution in [3.8, 4) is 16.3 Å². The number of para-hydroxylation sites is 1. The van der Waals surface area contributed by atoms with Crippen molar-refractivity contribution >= 4 is 28.1 Å². The van der Waals surface area contributed by atoms with Crippen LogP contribution in [0.2, 0.25) is 0 Å². The first-order chi connectivity index (χ1) is 13.7. The standard InChI is InChI=1S/C22H21N3O2S/c1-14-20(28-22(25-14)15-7-9-17(27-2)10-8-15)21(26)23-12-11-16-13-24-19-6-4-3-5-18(16)19/h3-10,13,24H,11-12H2,1-2H3,(H,23,26). The lowest BCUT2D eigenvalue weighted by molar-refractivity contribution is 0.0957. The summed E-state index contributed by atoms with van der Waals surface area (Å²) in [5.74, 6) is 0.724. The van der Waals surface area contributed by atoms with Gasteiger partial charge in [-0.2, -0.15) is 0 Å². The molecule has 142 valence electrons. The van der Waals surface area contributed by atoms with E-state index < -0.39 is 0 Å². The molecular formula is C22H21N3O2S. The fourth-order valence-corrected chi connectivity index (χ4v) is 4.18. The highest BCUT2D eigenvalue weighted by atomic mass is 32.1. The van der Waals surface area contributed by atoms with Crippen molar-refractivity contribution in [3.63, 3.8) is 0 Å². The molecule has 0 saturated carbocycles. The number of fused-ring (bicyclic) bond motifs is 1. The zero-order chi connectivity index (χ0) is 19.5. The van der Waals surface area contributed by atoms with Crippen LogP contribution >= 0.6 is 11.3 Å². The minimum atomic E-state index is -0.0744. The van der Waals surface area contributed by atoms with E-state index in [2.05, 4.69) is 27.4 Å². The topological polar surface area (TPSA) is 67.0 Å². The van der Waals surface area contributed by atoms with E-state index in [9.17, 15) is 4.79 Å². The summed E-state index contributed by atoms with van der Waals surface area (Å²) in [6, 6.07) is 15.9. The summed E-state index contributed by atoms with van der Waals surface area (Å²) >= 11 is 1.41. The molecule has 6 heteroatoms. The van der Waals surface area contributed by atoms with E-state index in [0.29, 0.717) is 11.4 Å². The minimum absolute atomic E-state index is 0.0744. The van der Waals surface area contributed by atoms with E-state index in [1.165, 1.54) is 22.3 Å². The Labute approximate surface area is 167 Å². The summed E-state index contributed by atoms with van der Waals surface area (Å²) in [5.41, 5.74) is 4.05. The molecule has 2 heterocycles. The first-order valence-electron chi connectivity index (χ1n) is 9.11. The minimum Gasteiger partial charge on any atom is -0.497 e. The number of carbonyl (C=O) groups is 1. The van der Waals surface area contributed by atoms with Crippen LogP contribution in [0.5, 0.6) is 5.75 Å². The van der Waals surface area contributed by atoms with Gasteiger partial charge in [0, 0.05) is 29.2 Å². The van der Waals surface area contributed by atoms with Gasteiger partial charge in [0.15, 0.2) is 0 Å². The monoisotopic (exact) mass is 391 g/mol. The van der Waals surface area contributed by atoms with Crippen LogP contribution in [-0.4, -0.2) is 29.5 Å². The van der Waals surface area contributed by atoms with Crippen LogP contribution < -0.4 is 10.1 Å². The Kier molecular flexibility index (Phi) is 5.12. The number of aryl methyl sites for hydroxylation is 1. The lowest BCUT2D eigenvalue weighted by Crippen LogP contribution is -2.25. The normalized spacial score (nSPS) is 10.9. The van der Waals surface area contributed by atoms with Crippen LogP contribution in [-0.2, 0) is 6.42 Å². The average molecular weight is 391 g/mol. The lowest BCUT2D eigenvalue weighted by Gasteiger charge is -2.03. The summed E-state index contributed by atoms with van der Waals surface area (Å²) < 4.78 is 5.19. The lowest BCUT2D eigenvalue weighted by atomic mass is 10.1. The van der Waals surface area contributed by atoms with Crippen molar-refractivity contribution in [1.82, 2.24) is 15.3 Å². The molecule has 0 atom stereocenters. The zero-order valence-electron chi connectivity index (χ0n) is 15.8. The molecule has 0 spiro atoms. The highest BCUT2D eigenvalue weighted by Crippen LogP contribution is 2.29. The van der Waals surface area contributed by atoms with Crippen molar-refractivity contribution in [1.29, 1.82) is 0 Å². The second-order valence-electron chi connectivity index (χ2n) is 6.53. The summed E-state index contributed by atoms with van der Waals surface area (Å²) in [6.07, 6.45) is 2.79. The van der Waals surface area contributed by atoms with Gasteiger partial charge in [-0.05, 0) is 49.2 Å². The Morgan fingerprint density at radius 3 is 2.75 bits per heavy atom. The molecule has 0 bridgehead atoms. The van der Waals surface area contributed by atoms with E-state index >= 15 is 0 Å². The van der Waals surface area contributed by atoms with Gasteiger partial charge in [0.05, 0.1) is 12.8 Å². The molecule has 2 N–H and O–H groups in total. The smallest absolute Gasteiger partial charge is 0.263 e. The first-order valence-corrected chi connectivity index (χ1v) is 9.92. The Hall–Kier alpha value is -3.12. The highest BCUT2D eigenvalue weighted by molar-refractivity contribution is 7.17. The van der Waals surface area contributed by atoms with E-state index in [1.54, 1.807) is 7.11 Å². The number of nitrogens with one attached hydrogen (secondary N) is 2. The van der Waals surface area contributed by atoms with Gasteiger partial charge in [0.1, 0.15) is 15.6 Å². The van der Waals surface area contributed by atoms with E-state index in [1.807, 2.05) is 49.5 Å². The number of hydrogen-bond donors (Lipinski definition) is 2. The number of ether oxygens (including phenoxy) is 1. The van der Waals surface area contributed by atoms with Crippen molar-refractivity contribution < 1.29 is 9.53 Å². The summed E-state index contributed by atoms with van der Waals surface area (Å²) in [7, 11) is 1.64. The number of aromatic nitrogens is 2. The van der Waals surface area contributed by atoms with Crippen molar-refractivity contribution in [3.05, 3.63) is 70.9 Å². The summed E-state index contributed by atoms with van der Waals surface area (Å²) in [6.45, 7) is 2.45. The quantitative estimate of drug-likeness (QED) is 0.505. The first kappa shape index (κ1) is 18.3. The third-order valence-corrected chi connectivity index (χ3v) is 5.90. The third-order valence-electron chi connectivity index (χ3n) is 4.69. The molecule has 4 aromatic rings. The maximum atomic E-state index is 12.6. The maximum absolute atomic E-state index is 12.6. The molecule has 2 aromatic heterocycles. The molecule has 0 radical (unpaired) electrons. The van der Waals surface area contributed by atoms with Crippen molar-refractivity contribution in [2.75, 3.05) is 13.7 Å². The Morgan fingerprint density at radius 2 is 1.96 bits per heavy atom. The van der Waals surface area contributed by atoms with Gasteiger partial charge >= 0.3 is 0 Å². The largest absolute Gasteiger partial charge is 0.497 e. The number of aromatic amines is 1. The molecule has 5 nitrogen and oxygen atoms in total. The molecule has 28 heavy (non-hydrogen) atoms. The fourth-order valence-electron chi connectivity index (χ4n) is 3.19. The van der Waals surface area contributed by atoms with E-state index in [0.717, 1.165) is 34.0 Å². The molecule has 0 unspecified atom stereocenters. The summed E-state index contributed by atoms with van der Waals surface area (Å²) in [5, 5.41) is 5.06. The van der Waals surface area contributed by atoms with Gasteiger partial charge in [-0.15, -0.1) is 11.3 Å². The molecule has 2 aromatic carbocycles. The number of rotatable bonds is 6. The van der Waals surface area contributed by atoms with Crippen molar-refractivity contribution in [2.24, 2.45) is 0 Å². The molecule has 0 fully saturated rings. The van der Waals surface area contributed by atoms with Gasteiger partial charge in [-0.25, -0.2) is 4.98 Å². The van der Waals surface area contributed by atoms with E-state index in [4.69, 9.17) is 4.74 Å². The maximum Gasteiger partial charge on any atom is 0.263 e. The van der Waals surface area contributed by atoms with Gasteiger partial charge in [-0.1, -0.05) is 18.2 Å².